The Morgan fingerprint density at radius 3 is 2.73 bits per heavy atom. The fourth-order valence-electron chi connectivity index (χ4n) is 2.12. The molecule has 1 aromatic rings. The Labute approximate surface area is 87.4 Å². The van der Waals surface area contributed by atoms with Gasteiger partial charge in [-0.15, -0.1) is 0 Å². The van der Waals surface area contributed by atoms with Gasteiger partial charge < -0.3 is 0 Å². The molecule has 15 heavy (non-hydrogen) atoms. The summed E-state index contributed by atoms with van der Waals surface area (Å²) in [4.78, 5) is 0. The van der Waals surface area contributed by atoms with Gasteiger partial charge in [0.05, 0.1) is 6.04 Å². The van der Waals surface area contributed by atoms with Crippen LogP contribution in [0.3, 0.4) is 0 Å². The first-order valence-corrected chi connectivity index (χ1v) is 5.04. The predicted molar refractivity (Wildman–Crippen MR) is 54.6 cm³/mol. The maximum Gasteiger partial charge on any atom is 0.255 e. The number of rotatable bonds is 4. The lowest BCUT2D eigenvalue weighted by Crippen LogP contribution is -2.42. The van der Waals surface area contributed by atoms with Crippen LogP contribution in [0, 0.1) is 0 Å². The maximum atomic E-state index is 12.5. The fourth-order valence-corrected chi connectivity index (χ4v) is 2.12. The lowest BCUT2D eigenvalue weighted by molar-refractivity contribution is 0.0893. The van der Waals surface area contributed by atoms with Gasteiger partial charge in [-0.05, 0) is 29.9 Å². The highest BCUT2D eigenvalue weighted by Crippen LogP contribution is 2.38. The molecular weight excluding hydrogens is 198 g/mol. The van der Waals surface area contributed by atoms with Crippen LogP contribution in [0.15, 0.2) is 24.3 Å². The SMILES string of the molecule is NNC(CC1Cc2ccccc21)C(F)F. The highest BCUT2D eigenvalue weighted by molar-refractivity contribution is 5.39. The molecule has 0 saturated heterocycles. The summed E-state index contributed by atoms with van der Waals surface area (Å²) < 4.78 is 24.9. The Kier molecular flexibility index (Phi) is 2.98. The molecule has 1 aromatic carbocycles. The molecule has 2 nitrogen and oxygen atoms in total. The Hall–Kier alpha value is -1.00. The molecule has 2 unspecified atom stereocenters. The topological polar surface area (TPSA) is 38.0 Å². The standard InChI is InChI=1S/C11H14F2N2/c12-11(13)10(15-14)6-8-5-7-3-1-2-4-9(7)8/h1-4,8,10-11,15H,5-6,14H2. The van der Waals surface area contributed by atoms with Crippen molar-refractivity contribution in [2.45, 2.75) is 31.2 Å². The molecule has 0 heterocycles. The molecule has 1 aliphatic carbocycles. The molecule has 4 heteroatoms. The molecule has 0 amide bonds. The molecule has 0 aromatic heterocycles. The molecule has 0 radical (unpaired) electrons. The summed E-state index contributed by atoms with van der Waals surface area (Å²) in [5, 5.41) is 0. The summed E-state index contributed by atoms with van der Waals surface area (Å²) in [6, 6.07) is 7.06. The Bertz CT molecular complexity index is 341. The lowest BCUT2D eigenvalue weighted by atomic mass is 9.74. The van der Waals surface area contributed by atoms with Gasteiger partial charge in [-0.2, -0.15) is 0 Å². The second-order valence-electron chi connectivity index (χ2n) is 3.94. The van der Waals surface area contributed by atoms with E-state index in [1.807, 2.05) is 24.3 Å². The summed E-state index contributed by atoms with van der Waals surface area (Å²) in [6.45, 7) is 0. The molecule has 0 spiro atoms. The minimum absolute atomic E-state index is 0.233. The normalized spacial score (nSPS) is 20.9. The van der Waals surface area contributed by atoms with Gasteiger partial charge in [0.1, 0.15) is 0 Å². The van der Waals surface area contributed by atoms with E-state index < -0.39 is 12.5 Å². The van der Waals surface area contributed by atoms with E-state index in [1.165, 1.54) is 11.1 Å². The molecule has 0 bridgehead atoms. The number of nitrogens with two attached hydrogens (primary N) is 1. The number of benzene rings is 1. The first-order valence-electron chi connectivity index (χ1n) is 5.04. The molecule has 0 fully saturated rings. The van der Waals surface area contributed by atoms with E-state index in [4.69, 9.17) is 5.84 Å². The predicted octanol–water partition coefficient (Wildman–Crippen LogP) is 1.81. The fraction of sp³-hybridized carbons (Fsp3) is 0.455. The molecular formula is C11H14F2N2. The monoisotopic (exact) mass is 212 g/mol. The van der Waals surface area contributed by atoms with E-state index in [2.05, 4.69) is 5.43 Å². The van der Waals surface area contributed by atoms with Crippen LogP contribution in [0.2, 0.25) is 0 Å². The minimum atomic E-state index is -2.40. The summed E-state index contributed by atoms with van der Waals surface area (Å²) in [7, 11) is 0. The summed E-state index contributed by atoms with van der Waals surface area (Å²) >= 11 is 0. The van der Waals surface area contributed by atoms with Crippen molar-refractivity contribution in [2.24, 2.45) is 5.84 Å². The van der Waals surface area contributed by atoms with Crippen molar-refractivity contribution in [1.82, 2.24) is 5.43 Å². The van der Waals surface area contributed by atoms with E-state index in [1.54, 1.807) is 0 Å². The largest absolute Gasteiger partial charge is 0.271 e. The molecule has 3 N–H and O–H groups in total. The second-order valence-corrected chi connectivity index (χ2v) is 3.94. The Balaban J connectivity index is 1.99. The van der Waals surface area contributed by atoms with Crippen molar-refractivity contribution in [3.63, 3.8) is 0 Å². The third-order valence-electron chi connectivity index (χ3n) is 3.02. The highest BCUT2D eigenvalue weighted by Gasteiger charge is 2.30. The van der Waals surface area contributed by atoms with Gasteiger partial charge in [0.15, 0.2) is 0 Å². The van der Waals surface area contributed by atoms with Gasteiger partial charge in [0, 0.05) is 0 Å². The van der Waals surface area contributed by atoms with E-state index >= 15 is 0 Å². The quantitative estimate of drug-likeness (QED) is 0.590. The third-order valence-corrected chi connectivity index (χ3v) is 3.02. The number of hydrogen-bond acceptors (Lipinski definition) is 2. The summed E-state index contributed by atoms with van der Waals surface area (Å²) in [6.07, 6.45) is -1.10. The zero-order chi connectivity index (χ0) is 10.8. The second kappa shape index (κ2) is 4.24. The summed E-state index contributed by atoms with van der Waals surface area (Å²) in [5.74, 6) is 5.32. The van der Waals surface area contributed by atoms with E-state index in [0.717, 1.165) is 6.42 Å². The third kappa shape index (κ3) is 2.01. The van der Waals surface area contributed by atoms with E-state index in [9.17, 15) is 8.78 Å². The smallest absolute Gasteiger partial charge is 0.255 e. The van der Waals surface area contributed by atoms with Crippen molar-refractivity contribution < 1.29 is 8.78 Å². The number of nitrogens with one attached hydrogen (secondary N) is 1. The van der Waals surface area contributed by atoms with Crippen LogP contribution in [0.4, 0.5) is 8.78 Å². The Morgan fingerprint density at radius 1 is 1.40 bits per heavy atom. The summed E-state index contributed by atoms with van der Waals surface area (Å²) in [5.41, 5.74) is 4.65. The van der Waals surface area contributed by atoms with Crippen molar-refractivity contribution in [3.8, 4) is 0 Å². The van der Waals surface area contributed by atoms with Gasteiger partial charge in [-0.1, -0.05) is 24.3 Å². The molecule has 2 atom stereocenters. The first kappa shape index (κ1) is 10.5. The van der Waals surface area contributed by atoms with Gasteiger partial charge >= 0.3 is 0 Å². The number of hydrazine groups is 1. The number of hydrogen-bond donors (Lipinski definition) is 2. The van der Waals surface area contributed by atoms with Crippen LogP contribution < -0.4 is 11.3 Å². The molecule has 0 saturated carbocycles. The van der Waals surface area contributed by atoms with Crippen LogP contribution in [-0.2, 0) is 6.42 Å². The first-order chi connectivity index (χ1) is 7.22. The van der Waals surface area contributed by atoms with Crippen molar-refractivity contribution in [1.29, 1.82) is 0 Å². The van der Waals surface area contributed by atoms with Crippen molar-refractivity contribution in [2.75, 3.05) is 0 Å². The molecule has 2 rings (SSSR count). The Morgan fingerprint density at radius 2 is 2.13 bits per heavy atom. The number of halogens is 2. The van der Waals surface area contributed by atoms with Gasteiger partial charge in [0.25, 0.3) is 6.43 Å². The van der Waals surface area contributed by atoms with Gasteiger partial charge in [-0.25, -0.2) is 8.78 Å². The lowest BCUT2D eigenvalue weighted by Gasteiger charge is -2.32. The minimum Gasteiger partial charge on any atom is -0.271 e. The van der Waals surface area contributed by atoms with E-state index in [-0.39, 0.29) is 5.92 Å². The zero-order valence-electron chi connectivity index (χ0n) is 8.29. The van der Waals surface area contributed by atoms with Crippen LogP contribution >= 0.6 is 0 Å². The van der Waals surface area contributed by atoms with Crippen LogP contribution in [0.25, 0.3) is 0 Å². The van der Waals surface area contributed by atoms with Crippen LogP contribution in [-0.4, -0.2) is 12.5 Å². The zero-order valence-corrected chi connectivity index (χ0v) is 8.29. The molecule has 0 aliphatic heterocycles. The number of alkyl halides is 2. The van der Waals surface area contributed by atoms with E-state index in [0.29, 0.717) is 6.42 Å². The highest BCUT2D eigenvalue weighted by atomic mass is 19.3. The van der Waals surface area contributed by atoms with Gasteiger partial charge in [0.2, 0.25) is 0 Å². The molecule has 82 valence electrons. The molecule has 1 aliphatic rings. The maximum absolute atomic E-state index is 12.5. The van der Waals surface area contributed by atoms with Gasteiger partial charge in [-0.3, -0.25) is 11.3 Å². The van der Waals surface area contributed by atoms with Crippen LogP contribution in [0.5, 0.6) is 0 Å². The average Bonchev–Trinajstić information content (AvgIpc) is 2.19. The van der Waals surface area contributed by atoms with Crippen LogP contribution in [0.1, 0.15) is 23.5 Å². The average molecular weight is 212 g/mol. The van der Waals surface area contributed by atoms with Crippen molar-refractivity contribution >= 4 is 0 Å². The van der Waals surface area contributed by atoms with Crippen molar-refractivity contribution in [3.05, 3.63) is 35.4 Å². The number of fused-ring (bicyclic) bond motifs is 1.